The van der Waals surface area contributed by atoms with Crippen molar-refractivity contribution in [2.45, 2.75) is 45.2 Å². The topological polar surface area (TPSA) is 82.8 Å². The number of hydrogen-bond donors (Lipinski definition) is 3. The number of likely N-dealkylation sites (tertiary alicyclic amines) is 1. The Morgan fingerprint density at radius 2 is 2.04 bits per heavy atom. The maximum atomic E-state index is 11.1. The van der Waals surface area contributed by atoms with Gasteiger partial charge in [0.25, 0.3) is 0 Å². The van der Waals surface area contributed by atoms with Crippen LogP contribution in [0.2, 0.25) is 0 Å². The lowest BCUT2D eigenvalue weighted by Gasteiger charge is -2.35. The Labute approximate surface area is 150 Å². The van der Waals surface area contributed by atoms with Gasteiger partial charge in [-0.05, 0) is 43.5 Å². The molecule has 1 unspecified atom stereocenters. The molecule has 1 aromatic rings. The number of piperidine rings is 1. The van der Waals surface area contributed by atoms with E-state index in [1.807, 2.05) is 12.1 Å². The van der Waals surface area contributed by atoms with Crippen LogP contribution in [0.25, 0.3) is 0 Å². The summed E-state index contributed by atoms with van der Waals surface area (Å²) in [5.74, 6) is 0.393. The molecule has 138 valence electrons. The second-order valence-electron chi connectivity index (χ2n) is 6.51. The van der Waals surface area contributed by atoms with Crippen LogP contribution in [0.4, 0.5) is 0 Å². The van der Waals surface area contributed by atoms with Gasteiger partial charge in [0.2, 0.25) is 5.91 Å². The Morgan fingerprint density at radius 1 is 1.28 bits per heavy atom. The highest BCUT2D eigenvalue weighted by Gasteiger charge is 2.19. The number of aliphatic imine (C=N–C) groups is 1. The van der Waals surface area contributed by atoms with E-state index in [1.165, 1.54) is 32.2 Å². The van der Waals surface area contributed by atoms with Gasteiger partial charge in [-0.2, -0.15) is 0 Å². The Morgan fingerprint density at radius 3 is 2.68 bits per heavy atom. The lowest BCUT2D eigenvalue weighted by Crippen LogP contribution is -2.45. The molecule has 6 nitrogen and oxygen atoms in total. The monoisotopic (exact) mass is 345 g/mol. The number of amides is 1. The Kier molecular flexibility index (Phi) is 7.73. The zero-order chi connectivity index (χ0) is 18.1. The van der Waals surface area contributed by atoms with Crippen LogP contribution < -0.4 is 16.4 Å². The van der Waals surface area contributed by atoms with Gasteiger partial charge in [0.05, 0.1) is 0 Å². The summed E-state index contributed by atoms with van der Waals surface area (Å²) in [5.41, 5.74) is 6.86. The minimum Gasteiger partial charge on any atom is -0.366 e. The first-order valence-corrected chi connectivity index (χ1v) is 9.21. The average Bonchev–Trinajstić information content (AvgIpc) is 2.65. The fourth-order valence-corrected chi connectivity index (χ4v) is 3.33. The van der Waals surface area contributed by atoms with E-state index in [9.17, 15) is 4.79 Å². The van der Waals surface area contributed by atoms with Crippen LogP contribution in [0.15, 0.2) is 29.3 Å². The van der Waals surface area contributed by atoms with Crippen LogP contribution in [-0.2, 0) is 6.54 Å². The number of rotatable bonds is 7. The van der Waals surface area contributed by atoms with Crippen LogP contribution in [-0.4, -0.2) is 49.5 Å². The van der Waals surface area contributed by atoms with E-state index in [-0.39, 0.29) is 0 Å². The van der Waals surface area contributed by atoms with Crippen LogP contribution in [0.1, 0.15) is 48.5 Å². The molecule has 1 aliphatic rings. The largest absolute Gasteiger partial charge is 0.366 e. The van der Waals surface area contributed by atoms with Crippen LogP contribution in [0.3, 0.4) is 0 Å². The number of carbonyl (C=O) groups excluding carboxylic acids is 1. The first kappa shape index (κ1) is 19.2. The molecule has 1 fully saturated rings. The molecule has 1 amide bonds. The Hall–Kier alpha value is -2.08. The van der Waals surface area contributed by atoms with E-state index in [2.05, 4.69) is 27.4 Å². The van der Waals surface area contributed by atoms with E-state index >= 15 is 0 Å². The summed E-state index contributed by atoms with van der Waals surface area (Å²) in [5, 5.41) is 6.69. The lowest BCUT2D eigenvalue weighted by molar-refractivity contribution is 0.100. The molecule has 1 atom stereocenters. The van der Waals surface area contributed by atoms with Crippen LogP contribution in [0.5, 0.6) is 0 Å². The summed E-state index contributed by atoms with van der Waals surface area (Å²) < 4.78 is 0. The molecule has 0 aliphatic carbocycles. The smallest absolute Gasteiger partial charge is 0.248 e. The summed E-state index contributed by atoms with van der Waals surface area (Å²) in [6, 6.07) is 8.03. The molecular weight excluding hydrogens is 314 g/mol. The number of hydrogen-bond acceptors (Lipinski definition) is 3. The molecule has 1 aromatic carbocycles. The predicted molar refractivity (Wildman–Crippen MR) is 103 cm³/mol. The van der Waals surface area contributed by atoms with Gasteiger partial charge in [0, 0.05) is 38.3 Å². The van der Waals surface area contributed by atoms with Crippen molar-refractivity contribution in [3.05, 3.63) is 35.4 Å². The van der Waals surface area contributed by atoms with Gasteiger partial charge in [-0.1, -0.05) is 25.5 Å². The van der Waals surface area contributed by atoms with E-state index in [1.54, 1.807) is 19.2 Å². The maximum absolute atomic E-state index is 11.1. The first-order chi connectivity index (χ1) is 12.1. The number of nitrogens with two attached hydrogens (primary N) is 1. The van der Waals surface area contributed by atoms with Crippen molar-refractivity contribution in [1.82, 2.24) is 15.5 Å². The highest BCUT2D eigenvalue weighted by atomic mass is 16.1. The molecule has 6 heteroatoms. The highest BCUT2D eigenvalue weighted by molar-refractivity contribution is 5.92. The number of nitrogens with one attached hydrogen (secondary N) is 2. The van der Waals surface area contributed by atoms with Crippen molar-refractivity contribution in [3.8, 4) is 0 Å². The highest BCUT2D eigenvalue weighted by Crippen LogP contribution is 2.18. The van der Waals surface area contributed by atoms with Gasteiger partial charge in [0.1, 0.15) is 0 Å². The second kappa shape index (κ2) is 10.0. The van der Waals surface area contributed by atoms with Crippen molar-refractivity contribution in [2.75, 3.05) is 26.7 Å². The van der Waals surface area contributed by atoms with Gasteiger partial charge in [-0.25, -0.2) is 0 Å². The molecule has 2 rings (SSSR count). The molecule has 0 saturated carbocycles. The molecule has 0 radical (unpaired) electrons. The van der Waals surface area contributed by atoms with Gasteiger partial charge in [-0.3, -0.25) is 14.7 Å². The third kappa shape index (κ3) is 6.05. The fraction of sp³-hybridized carbons (Fsp3) is 0.579. The van der Waals surface area contributed by atoms with Gasteiger partial charge >= 0.3 is 0 Å². The molecule has 0 aromatic heterocycles. The SMILES string of the molecule is CCC1CCCCN1CCNC(=NC)NCc1ccc(C(N)=O)cc1. The number of guanidine groups is 1. The molecule has 25 heavy (non-hydrogen) atoms. The standard InChI is InChI=1S/C19H31N5O/c1-3-17-6-4-5-12-24(17)13-11-22-19(21-2)23-14-15-7-9-16(10-8-15)18(20)25/h7-10,17H,3-6,11-14H2,1-2H3,(H2,20,25)(H2,21,22,23). The van der Waals surface area contributed by atoms with E-state index in [0.717, 1.165) is 30.7 Å². The second-order valence-corrected chi connectivity index (χ2v) is 6.51. The maximum Gasteiger partial charge on any atom is 0.248 e. The number of nitrogens with zero attached hydrogens (tertiary/aromatic N) is 2. The van der Waals surface area contributed by atoms with Crippen molar-refractivity contribution in [2.24, 2.45) is 10.7 Å². The number of primary amides is 1. The first-order valence-electron chi connectivity index (χ1n) is 9.21. The molecule has 1 saturated heterocycles. The Balaban J connectivity index is 1.74. The number of carbonyl (C=O) groups is 1. The molecule has 0 spiro atoms. The summed E-state index contributed by atoms with van der Waals surface area (Å²) in [7, 11) is 1.78. The summed E-state index contributed by atoms with van der Waals surface area (Å²) in [6.07, 6.45) is 5.23. The van der Waals surface area contributed by atoms with E-state index in [4.69, 9.17) is 5.73 Å². The molecule has 1 heterocycles. The third-order valence-corrected chi connectivity index (χ3v) is 4.83. The lowest BCUT2D eigenvalue weighted by atomic mass is 10.0. The normalized spacial score (nSPS) is 18.8. The van der Waals surface area contributed by atoms with Crippen molar-refractivity contribution < 1.29 is 4.79 Å². The molecule has 1 aliphatic heterocycles. The van der Waals surface area contributed by atoms with Gasteiger partial charge in [0.15, 0.2) is 5.96 Å². The quantitative estimate of drug-likeness (QED) is 0.519. The number of benzene rings is 1. The van der Waals surface area contributed by atoms with Crippen molar-refractivity contribution in [1.29, 1.82) is 0 Å². The van der Waals surface area contributed by atoms with Crippen LogP contribution >= 0.6 is 0 Å². The van der Waals surface area contributed by atoms with Crippen molar-refractivity contribution >= 4 is 11.9 Å². The van der Waals surface area contributed by atoms with Crippen molar-refractivity contribution in [3.63, 3.8) is 0 Å². The molecule has 0 bridgehead atoms. The summed E-state index contributed by atoms with van der Waals surface area (Å²) in [4.78, 5) is 18.0. The average molecular weight is 345 g/mol. The van der Waals surface area contributed by atoms with Gasteiger partial charge in [-0.15, -0.1) is 0 Å². The van der Waals surface area contributed by atoms with Gasteiger partial charge < -0.3 is 16.4 Å². The third-order valence-electron chi connectivity index (χ3n) is 4.83. The summed E-state index contributed by atoms with van der Waals surface area (Å²) >= 11 is 0. The Bertz CT molecular complexity index is 570. The van der Waals surface area contributed by atoms with E-state index in [0.29, 0.717) is 12.1 Å². The molecule has 4 N–H and O–H groups in total. The predicted octanol–water partition coefficient (Wildman–Crippen LogP) is 1.72. The minimum absolute atomic E-state index is 0.403. The zero-order valence-corrected chi connectivity index (χ0v) is 15.4. The fourth-order valence-electron chi connectivity index (χ4n) is 3.33. The summed E-state index contributed by atoms with van der Waals surface area (Å²) in [6.45, 7) is 6.07. The zero-order valence-electron chi connectivity index (χ0n) is 15.4. The van der Waals surface area contributed by atoms with Crippen LogP contribution in [0, 0.1) is 0 Å². The minimum atomic E-state index is -0.403. The molecular formula is C19H31N5O. The van der Waals surface area contributed by atoms with E-state index < -0.39 is 5.91 Å².